The van der Waals surface area contributed by atoms with E-state index in [0.717, 1.165) is 26.2 Å². The van der Waals surface area contributed by atoms with E-state index in [-0.39, 0.29) is 0 Å². The molecule has 24 heavy (non-hydrogen) atoms. The van der Waals surface area contributed by atoms with E-state index in [9.17, 15) is 10.4 Å². The van der Waals surface area contributed by atoms with Crippen LogP contribution in [0.25, 0.3) is 0 Å². The van der Waals surface area contributed by atoms with Crippen molar-refractivity contribution in [2.24, 2.45) is 5.92 Å². The Bertz CT molecular complexity index is 663. The Morgan fingerprint density at radius 3 is 2.38 bits per heavy atom. The molecule has 2 heterocycles. The summed E-state index contributed by atoms with van der Waals surface area (Å²) in [6.45, 7) is 4.21. The van der Waals surface area contributed by atoms with Gasteiger partial charge in [0.25, 0.3) is 0 Å². The molecule has 1 aliphatic heterocycles. The highest BCUT2D eigenvalue weighted by atomic mass is 16.3. The number of hydrogen-bond acceptors (Lipinski definition) is 5. The quantitative estimate of drug-likeness (QED) is 0.913. The SMILES string of the molecule is N#C[C@H](CN1CCN(c2ccccc2)CC1)[C@H](O)c1ccccn1. The summed E-state index contributed by atoms with van der Waals surface area (Å²) in [6.07, 6.45) is 0.800. The average Bonchev–Trinajstić information content (AvgIpc) is 2.67. The molecule has 0 aliphatic carbocycles. The molecule has 1 saturated heterocycles. The van der Waals surface area contributed by atoms with E-state index >= 15 is 0 Å². The first kappa shape index (κ1) is 16.4. The van der Waals surface area contributed by atoms with Crippen LogP contribution in [-0.4, -0.2) is 47.7 Å². The van der Waals surface area contributed by atoms with E-state index in [4.69, 9.17) is 0 Å². The molecular formula is C19H22N4O. The highest BCUT2D eigenvalue weighted by Crippen LogP contribution is 2.22. The maximum Gasteiger partial charge on any atom is 0.113 e. The van der Waals surface area contributed by atoms with Crippen LogP contribution in [0.2, 0.25) is 0 Å². The number of aliphatic hydroxyl groups is 1. The minimum Gasteiger partial charge on any atom is -0.385 e. The van der Waals surface area contributed by atoms with Crippen molar-refractivity contribution in [3.05, 3.63) is 60.4 Å². The first-order valence-electron chi connectivity index (χ1n) is 8.29. The number of aromatic nitrogens is 1. The van der Waals surface area contributed by atoms with Crippen LogP contribution in [0.1, 0.15) is 11.8 Å². The minimum atomic E-state index is -0.844. The smallest absolute Gasteiger partial charge is 0.113 e. The zero-order chi connectivity index (χ0) is 16.8. The number of benzene rings is 1. The molecule has 0 radical (unpaired) electrons. The molecule has 2 aromatic rings. The van der Waals surface area contributed by atoms with Crippen LogP contribution < -0.4 is 4.90 Å². The molecule has 1 aromatic heterocycles. The molecule has 0 bridgehead atoms. The van der Waals surface area contributed by atoms with Crippen LogP contribution in [0.3, 0.4) is 0 Å². The summed E-state index contributed by atoms with van der Waals surface area (Å²) in [7, 11) is 0. The van der Waals surface area contributed by atoms with Crippen molar-refractivity contribution in [3.63, 3.8) is 0 Å². The van der Waals surface area contributed by atoms with E-state index in [1.54, 1.807) is 18.3 Å². The lowest BCUT2D eigenvalue weighted by Gasteiger charge is -2.37. The normalized spacial score (nSPS) is 17.9. The number of aliphatic hydroxyl groups excluding tert-OH is 1. The second-order valence-corrected chi connectivity index (χ2v) is 6.06. The number of anilines is 1. The summed E-state index contributed by atoms with van der Waals surface area (Å²) in [5, 5.41) is 19.9. The van der Waals surface area contributed by atoms with Crippen LogP contribution >= 0.6 is 0 Å². The van der Waals surface area contributed by atoms with Gasteiger partial charge in [-0.3, -0.25) is 9.88 Å². The van der Waals surface area contributed by atoms with Crippen LogP contribution in [-0.2, 0) is 0 Å². The van der Waals surface area contributed by atoms with Gasteiger partial charge >= 0.3 is 0 Å². The summed E-state index contributed by atoms with van der Waals surface area (Å²) in [6, 6.07) is 18.0. The van der Waals surface area contributed by atoms with Crippen molar-refractivity contribution < 1.29 is 5.11 Å². The van der Waals surface area contributed by atoms with Gasteiger partial charge in [-0.2, -0.15) is 5.26 Å². The van der Waals surface area contributed by atoms with Gasteiger partial charge in [-0.1, -0.05) is 24.3 Å². The summed E-state index contributed by atoms with van der Waals surface area (Å²) < 4.78 is 0. The molecule has 0 amide bonds. The topological polar surface area (TPSA) is 63.4 Å². The van der Waals surface area contributed by atoms with Crippen molar-refractivity contribution >= 4 is 5.69 Å². The highest BCUT2D eigenvalue weighted by molar-refractivity contribution is 5.46. The molecule has 1 N–H and O–H groups in total. The zero-order valence-corrected chi connectivity index (χ0v) is 13.6. The van der Waals surface area contributed by atoms with Crippen molar-refractivity contribution in [3.8, 4) is 6.07 Å². The van der Waals surface area contributed by atoms with Gasteiger partial charge in [0.15, 0.2) is 0 Å². The molecule has 124 valence electrons. The summed E-state index contributed by atoms with van der Waals surface area (Å²) in [5.41, 5.74) is 1.80. The van der Waals surface area contributed by atoms with Crippen molar-refractivity contribution in [2.75, 3.05) is 37.6 Å². The Kier molecular flexibility index (Phi) is 5.42. The van der Waals surface area contributed by atoms with Crippen molar-refractivity contribution in [1.29, 1.82) is 5.26 Å². The van der Waals surface area contributed by atoms with E-state index in [1.807, 2.05) is 12.1 Å². The molecule has 1 fully saturated rings. The van der Waals surface area contributed by atoms with Gasteiger partial charge in [-0.25, -0.2) is 0 Å². The molecule has 3 rings (SSSR count). The number of hydrogen-bond donors (Lipinski definition) is 1. The largest absolute Gasteiger partial charge is 0.385 e. The molecule has 1 aliphatic rings. The van der Waals surface area contributed by atoms with Gasteiger partial charge in [-0.05, 0) is 24.3 Å². The van der Waals surface area contributed by atoms with Crippen molar-refractivity contribution in [1.82, 2.24) is 9.88 Å². The first-order chi connectivity index (χ1) is 11.8. The van der Waals surface area contributed by atoms with Gasteiger partial charge in [0, 0.05) is 44.6 Å². The monoisotopic (exact) mass is 322 g/mol. The Morgan fingerprint density at radius 1 is 1.04 bits per heavy atom. The Balaban J connectivity index is 1.56. The van der Waals surface area contributed by atoms with E-state index in [2.05, 4.69) is 45.1 Å². The van der Waals surface area contributed by atoms with Crippen LogP contribution in [0.15, 0.2) is 54.7 Å². The molecule has 0 spiro atoms. The standard InChI is InChI=1S/C19H22N4O/c20-14-16(19(24)18-8-4-5-9-21-18)15-22-10-12-23(13-11-22)17-6-2-1-3-7-17/h1-9,16,19,24H,10-13,15H2/t16-,19+/m1/s1. The van der Waals surface area contributed by atoms with Gasteiger partial charge in [0.2, 0.25) is 0 Å². The number of nitriles is 1. The number of para-hydroxylation sites is 1. The number of piperazine rings is 1. The summed E-state index contributed by atoms with van der Waals surface area (Å²) >= 11 is 0. The second-order valence-electron chi connectivity index (χ2n) is 6.06. The van der Waals surface area contributed by atoms with Crippen LogP contribution in [0.5, 0.6) is 0 Å². The molecule has 5 nitrogen and oxygen atoms in total. The number of nitrogens with zero attached hydrogens (tertiary/aromatic N) is 4. The van der Waals surface area contributed by atoms with Gasteiger partial charge in [0.05, 0.1) is 17.7 Å². The number of pyridine rings is 1. The van der Waals surface area contributed by atoms with E-state index in [1.165, 1.54) is 5.69 Å². The fourth-order valence-electron chi connectivity index (χ4n) is 3.07. The lowest BCUT2D eigenvalue weighted by molar-refractivity contribution is 0.100. The average molecular weight is 322 g/mol. The lowest BCUT2D eigenvalue weighted by atomic mass is 9.99. The predicted octanol–water partition coefficient (Wildman–Crippen LogP) is 2.08. The summed E-state index contributed by atoms with van der Waals surface area (Å²) in [4.78, 5) is 8.77. The third-order valence-electron chi connectivity index (χ3n) is 4.49. The molecule has 0 unspecified atom stereocenters. The highest BCUT2D eigenvalue weighted by Gasteiger charge is 2.26. The van der Waals surface area contributed by atoms with E-state index in [0.29, 0.717) is 12.2 Å². The van der Waals surface area contributed by atoms with Crippen molar-refractivity contribution in [2.45, 2.75) is 6.10 Å². The number of rotatable bonds is 5. The molecule has 1 aromatic carbocycles. The molecule has 0 saturated carbocycles. The summed E-state index contributed by atoms with van der Waals surface area (Å²) in [5.74, 6) is -0.469. The van der Waals surface area contributed by atoms with Crippen LogP contribution in [0.4, 0.5) is 5.69 Å². The maximum atomic E-state index is 10.4. The van der Waals surface area contributed by atoms with Gasteiger partial charge in [-0.15, -0.1) is 0 Å². The fraction of sp³-hybridized carbons (Fsp3) is 0.368. The Morgan fingerprint density at radius 2 is 1.75 bits per heavy atom. The Hall–Kier alpha value is -2.42. The Labute approximate surface area is 142 Å². The third-order valence-corrected chi connectivity index (χ3v) is 4.49. The maximum absolute atomic E-state index is 10.4. The first-order valence-corrected chi connectivity index (χ1v) is 8.29. The fourth-order valence-corrected chi connectivity index (χ4v) is 3.07. The molecular weight excluding hydrogens is 300 g/mol. The zero-order valence-electron chi connectivity index (χ0n) is 13.6. The van der Waals surface area contributed by atoms with Gasteiger partial charge in [0.1, 0.15) is 6.10 Å². The van der Waals surface area contributed by atoms with Gasteiger partial charge < -0.3 is 10.0 Å². The predicted molar refractivity (Wildman–Crippen MR) is 93.4 cm³/mol. The second kappa shape index (κ2) is 7.91. The lowest BCUT2D eigenvalue weighted by Crippen LogP contribution is -2.48. The van der Waals surface area contributed by atoms with E-state index < -0.39 is 12.0 Å². The minimum absolute atomic E-state index is 0.469. The molecule has 2 atom stereocenters. The van der Waals surface area contributed by atoms with Crippen LogP contribution in [0, 0.1) is 17.2 Å². The third kappa shape index (κ3) is 3.91. The molecule has 5 heteroatoms.